The lowest BCUT2D eigenvalue weighted by Gasteiger charge is -2.07. The number of anilines is 1. The van der Waals surface area contributed by atoms with E-state index in [1.807, 2.05) is 5.38 Å². The Morgan fingerprint density at radius 1 is 1.25 bits per heavy atom. The summed E-state index contributed by atoms with van der Waals surface area (Å²) in [5.74, 6) is 0.120. The molecule has 0 radical (unpaired) electrons. The van der Waals surface area contributed by atoms with Crippen molar-refractivity contribution in [2.24, 2.45) is 0 Å². The van der Waals surface area contributed by atoms with Crippen LogP contribution in [0, 0.1) is 0 Å². The minimum Gasteiger partial charge on any atom is -0.497 e. The Bertz CT molecular complexity index is 596. The molecule has 104 valence electrons. The van der Waals surface area contributed by atoms with Crippen LogP contribution < -0.4 is 15.4 Å². The van der Waals surface area contributed by atoms with Crippen LogP contribution in [-0.4, -0.2) is 25.5 Å². The van der Waals surface area contributed by atoms with Gasteiger partial charge in [0.25, 0.3) is 5.91 Å². The summed E-state index contributed by atoms with van der Waals surface area (Å²) in [6.07, 6.45) is 0. The molecule has 5 nitrogen and oxygen atoms in total. The summed E-state index contributed by atoms with van der Waals surface area (Å²) in [5.41, 5.74) is 0.625. The third kappa shape index (κ3) is 3.83. The largest absolute Gasteiger partial charge is 0.497 e. The Morgan fingerprint density at radius 2 is 2.10 bits per heavy atom. The van der Waals surface area contributed by atoms with Crippen LogP contribution in [0.5, 0.6) is 5.75 Å². The van der Waals surface area contributed by atoms with Gasteiger partial charge in [0.1, 0.15) is 5.75 Å². The quantitative estimate of drug-likeness (QED) is 0.886. The van der Waals surface area contributed by atoms with E-state index < -0.39 is 0 Å². The van der Waals surface area contributed by atoms with Crippen molar-refractivity contribution >= 4 is 28.8 Å². The molecule has 0 atom stereocenters. The molecule has 0 fully saturated rings. The van der Waals surface area contributed by atoms with E-state index in [4.69, 9.17) is 4.74 Å². The second kappa shape index (κ2) is 6.72. The molecule has 2 aromatic rings. The second-order valence-corrected chi connectivity index (χ2v) is 4.89. The number of hydrogen-bond donors (Lipinski definition) is 2. The highest BCUT2D eigenvalue weighted by molar-refractivity contribution is 7.12. The maximum Gasteiger partial charge on any atom is 0.261 e. The molecule has 20 heavy (non-hydrogen) atoms. The van der Waals surface area contributed by atoms with Gasteiger partial charge in [0.05, 0.1) is 18.5 Å². The number of benzene rings is 1. The van der Waals surface area contributed by atoms with Gasteiger partial charge in [0, 0.05) is 11.8 Å². The average molecular weight is 290 g/mol. The summed E-state index contributed by atoms with van der Waals surface area (Å²) < 4.78 is 5.06. The molecule has 6 heteroatoms. The fraction of sp³-hybridized carbons (Fsp3) is 0.143. The Balaban J connectivity index is 1.85. The van der Waals surface area contributed by atoms with Crippen molar-refractivity contribution in [2.75, 3.05) is 19.0 Å². The van der Waals surface area contributed by atoms with E-state index in [2.05, 4.69) is 10.6 Å². The maximum absolute atomic E-state index is 11.7. The first-order valence-corrected chi connectivity index (χ1v) is 6.82. The molecule has 1 aromatic heterocycles. The lowest BCUT2D eigenvalue weighted by Crippen LogP contribution is -2.32. The number of hydrogen-bond acceptors (Lipinski definition) is 4. The zero-order valence-corrected chi connectivity index (χ0v) is 11.7. The van der Waals surface area contributed by atoms with E-state index >= 15 is 0 Å². The van der Waals surface area contributed by atoms with E-state index in [1.54, 1.807) is 43.5 Å². The van der Waals surface area contributed by atoms with Crippen molar-refractivity contribution in [1.82, 2.24) is 5.32 Å². The zero-order chi connectivity index (χ0) is 14.4. The molecule has 0 saturated carbocycles. The van der Waals surface area contributed by atoms with Gasteiger partial charge in [0.15, 0.2) is 0 Å². The number of amides is 2. The molecule has 0 aliphatic rings. The van der Waals surface area contributed by atoms with Crippen LogP contribution in [0.15, 0.2) is 41.8 Å². The summed E-state index contributed by atoms with van der Waals surface area (Å²) in [6, 6.07) is 10.5. The highest BCUT2D eigenvalue weighted by Gasteiger charge is 2.09. The number of thiophene rings is 1. The van der Waals surface area contributed by atoms with Crippen molar-refractivity contribution in [1.29, 1.82) is 0 Å². The van der Waals surface area contributed by atoms with Crippen LogP contribution in [0.3, 0.4) is 0 Å². The summed E-state index contributed by atoms with van der Waals surface area (Å²) in [6.45, 7) is -0.0755. The van der Waals surface area contributed by atoms with Gasteiger partial charge < -0.3 is 15.4 Å². The summed E-state index contributed by atoms with van der Waals surface area (Å²) in [7, 11) is 1.56. The number of ether oxygens (including phenoxy) is 1. The van der Waals surface area contributed by atoms with Crippen LogP contribution in [0.1, 0.15) is 9.67 Å². The minimum absolute atomic E-state index is 0.0755. The van der Waals surface area contributed by atoms with Gasteiger partial charge in [-0.25, -0.2) is 0 Å². The monoisotopic (exact) mass is 290 g/mol. The van der Waals surface area contributed by atoms with Gasteiger partial charge in [-0.05, 0) is 23.6 Å². The Morgan fingerprint density at radius 3 is 2.80 bits per heavy atom. The predicted octanol–water partition coefficient (Wildman–Crippen LogP) is 2.13. The summed E-state index contributed by atoms with van der Waals surface area (Å²) >= 11 is 1.33. The molecule has 0 aliphatic heterocycles. The van der Waals surface area contributed by atoms with Crippen molar-refractivity contribution in [2.45, 2.75) is 0 Å². The Kier molecular flexibility index (Phi) is 4.73. The molecular formula is C14H14N2O3S. The van der Waals surface area contributed by atoms with E-state index in [1.165, 1.54) is 11.3 Å². The van der Waals surface area contributed by atoms with Crippen LogP contribution >= 0.6 is 11.3 Å². The molecule has 0 bridgehead atoms. The van der Waals surface area contributed by atoms with E-state index in [9.17, 15) is 9.59 Å². The lowest BCUT2D eigenvalue weighted by atomic mass is 10.3. The van der Waals surface area contributed by atoms with Crippen LogP contribution in [0.4, 0.5) is 5.69 Å². The van der Waals surface area contributed by atoms with Crippen molar-refractivity contribution in [3.8, 4) is 5.75 Å². The second-order valence-electron chi connectivity index (χ2n) is 3.94. The lowest BCUT2D eigenvalue weighted by molar-refractivity contribution is -0.115. The maximum atomic E-state index is 11.7. The number of carbonyl (C=O) groups excluding carboxylic acids is 2. The number of rotatable bonds is 5. The molecule has 2 N–H and O–H groups in total. The van der Waals surface area contributed by atoms with Gasteiger partial charge >= 0.3 is 0 Å². The molecule has 1 heterocycles. The molecule has 0 spiro atoms. The fourth-order valence-corrected chi connectivity index (χ4v) is 2.20. The normalized spacial score (nSPS) is 9.85. The van der Waals surface area contributed by atoms with E-state index in [-0.39, 0.29) is 18.4 Å². The van der Waals surface area contributed by atoms with Crippen molar-refractivity contribution in [3.05, 3.63) is 46.7 Å². The fourth-order valence-electron chi connectivity index (χ4n) is 1.56. The summed E-state index contributed by atoms with van der Waals surface area (Å²) in [4.78, 5) is 24.0. The number of nitrogens with one attached hydrogen (secondary N) is 2. The topological polar surface area (TPSA) is 67.4 Å². The van der Waals surface area contributed by atoms with Gasteiger partial charge in [-0.15, -0.1) is 11.3 Å². The van der Waals surface area contributed by atoms with Gasteiger partial charge in [0.2, 0.25) is 5.91 Å². The standard InChI is InChI=1S/C14H14N2O3S/c1-19-11-5-2-4-10(8-11)16-13(17)9-15-14(18)12-6-3-7-20-12/h2-8H,9H2,1H3,(H,15,18)(H,16,17). The number of carbonyl (C=O) groups is 2. The van der Waals surface area contributed by atoms with Crippen LogP contribution in [0.25, 0.3) is 0 Å². The van der Waals surface area contributed by atoms with Gasteiger partial charge in [-0.1, -0.05) is 12.1 Å². The van der Waals surface area contributed by atoms with Crippen LogP contribution in [0.2, 0.25) is 0 Å². The molecule has 0 aliphatic carbocycles. The predicted molar refractivity (Wildman–Crippen MR) is 78.3 cm³/mol. The molecule has 0 unspecified atom stereocenters. The first-order valence-electron chi connectivity index (χ1n) is 5.94. The molecule has 0 saturated heterocycles. The van der Waals surface area contributed by atoms with Gasteiger partial charge in [-0.2, -0.15) is 0 Å². The van der Waals surface area contributed by atoms with Crippen LogP contribution in [-0.2, 0) is 4.79 Å². The Labute approximate surface area is 120 Å². The molecular weight excluding hydrogens is 276 g/mol. The number of methoxy groups -OCH3 is 1. The van der Waals surface area contributed by atoms with Crippen molar-refractivity contribution in [3.63, 3.8) is 0 Å². The SMILES string of the molecule is COc1cccc(NC(=O)CNC(=O)c2cccs2)c1. The minimum atomic E-state index is -0.289. The van der Waals surface area contributed by atoms with E-state index in [0.29, 0.717) is 16.3 Å². The zero-order valence-electron chi connectivity index (χ0n) is 10.9. The summed E-state index contributed by atoms with van der Waals surface area (Å²) in [5, 5.41) is 7.06. The smallest absolute Gasteiger partial charge is 0.261 e. The molecule has 2 amide bonds. The third-order valence-corrected chi connectivity index (χ3v) is 3.38. The first kappa shape index (κ1) is 14.1. The third-order valence-electron chi connectivity index (χ3n) is 2.51. The van der Waals surface area contributed by atoms with Crippen molar-refractivity contribution < 1.29 is 14.3 Å². The van der Waals surface area contributed by atoms with E-state index in [0.717, 1.165) is 0 Å². The first-order chi connectivity index (χ1) is 9.69. The molecule has 2 rings (SSSR count). The highest BCUT2D eigenvalue weighted by Crippen LogP contribution is 2.16. The highest BCUT2D eigenvalue weighted by atomic mass is 32.1. The van der Waals surface area contributed by atoms with Gasteiger partial charge in [-0.3, -0.25) is 9.59 Å². The Hall–Kier alpha value is -2.34. The molecule has 1 aromatic carbocycles. The average Bonchev–Trinajstić information content (AvgIpc) is 2.99.